The summed E-state index contributed by atoms with van der Waals surface area (Å²) in [6, 6.07) is 10.2. The van der Waals surface area contributed by atoms with Gasteiger partial charge >= 0.3 is 0 Å². The quantitative estimate of drug-likeness (QED) is 0.501. The molecule has 2 aromatic heterocycles. The fourth-order valence-corrected chi connectivity index (χ4v) is 4.87. The van der Waals surface area contributed by atoms with Gasteiger partial charge in [0, 0.05) is 29.9 Å². The number of halogens is 1. The monoisotopic (exact) mass is 492 g/mol. The lowest BCUT2D eigenvalue weighted by Gasteiger charge is -2.40. The number of benzene rings is 1. The van der Waals surface area contributed by atoms with Gasteiger partial charge in [-0.05, 0) is 62.1 Å². The number of ether oxygens (including phenoxy) is 1. The first kappa shape index (κ1) is 22.9. The second kappa shape index (κ2) is 8.74. The number of carbonyl (C=O) groups is 2. The fraction of sp³-hybridized carbons (Fsp3) is 0.280. The van der Waals surface area contributed by atoms with Crippen molar-refractivity contribution in [2.45, 2.75) is 37.3 Å². The van der Waals surface area contributed by atoms with E-state index in [1.165, 1.54) is 12.3 Å². The molecule has 9 nitrogen and oxygen atoms in total. The van der Waals surface area contributed by atoms with Crippen LogP contribution in [0.2, 0.25) is 5.02 Å². The van der Waals surface area contributed by atoms with Crippen LogP contribution in [0.3, 0.4) is 0 Å². The van der Waals surface area contributed by atoms with E-state index in [2.05, 4.69) is 11.6 Å². The number of hydrogen-bond donors (Lipinski definition) is 2. The molecule has 1 aliphatic heterocycles. The summed E-state index contributed by atoms with van der Waals surface area (Å²) < 4.78 is 7.37. The van der Waals surface area contributed by atoms with E-state index >= 15 is 0 Å². The number of pyridine rings is 1. The average Bonchev–Trinajstić information content (AvgIpc) is 3.54. The third-order valence-electron chi connectivity index (χ3n) is 6.77. The van der Waals surface area contributed by atoms with E-state index in [9.17, 15) is 9.59 Å². The van der Waals surface area contributed by atoms with Crippen LogP contribution in [-0.2, 0) is 4.79 Å². The lowest BCUT2D eigenvalue weighted by Crippen LogP contribution is -2.48. The summed E-state index contributed by atoms with van der Waals surface area (Å²) in [4.78, 5) is 30.8. The van der Waals surface area contributed by atoms with E-state index < -0.39 is 5.91 Å². The van der Waals surface area contributed by atoms with Crippen molar-refractivity contribution in [2.75, 3.05) is 12.3 Å². The molecule has 10 heteroatoms. The minimum atomic E-state index is -0.664. The predicted octanol–water partition coefficient (Wildman–Crippen LogP) is 3.95. The fourth-order valence-electron chi connectivity index (χ4n) is 4.76. The summed E-state index contributed by atoms with van der Waals surface area (Å²) >= 11 is 5.86. The molecule has 3 aromatic rings. The van der Waals surface area contributed by atoms with Crippen molar-refractivity contribution in [1.29, 1.82) is 0 Å². The lowest BCUT2D eigenvalue weighted by atomic mass is 9.96. The Labute approximate surface area is 207 Å². The normalized spacial score (nSPS) is 18.3. The van der Waals surface area contributed by atoms with Crippen molar-refractivity contribution in [2.24, 2.45) is 5.73 Å². The van der Waals surface area contributed by atoms with Crippen LogP contribution in [0.4, 0.5) is 5.82 Å². The van der Waals surface area contributed by atoms with Gasteiger partial charge in [-0.1, -0.05) is 18.2 Å². The number of hydrogen-bond acceptors (Lipinski definition) is 6. The van der Waals surface area contributed by atoms with Crippen LogP contribution in [0.15, 0.2) is 55.3 Å². The Morgan fingerprint density at radius 1 is 1.17 bits per heavy atom. The van der Waals surface area contributed by atoms with Crippen LogP contribution in [0.1, 0.15) is 42.1 Å². The number of carbonyl (C=O) groups excluding carboxylic acids is 2. The van der Waals surface area contributed by atoms with Crippen LogP contribution < -0.4 is 16.2 Å². The number of amides is 2. The molecule has 180 valence electrons. The highest BCUT2D eigenvalue weighted by molar-refractivity contribution is 6.30. The van der Waals surface area contributed by atoms with Crippen molar-refractivity contribution < 1.29 is 14.3 Å². The maximum Gasteiger partial charge on any atom is 0.254 e. The standard InChI is InChI=1S/C25H25ClN6O3/c1-2-20(33)31-14-17(9-10-25(31)11-12-25)32-23(27)21(24(28)34)22(30-32)15-3-6-18(7-4-15)35-19-8-5-16(26)13-29-19/h2-8,13,17H,1,9-12,14,27H2,(H2,28,34)/t17-/m1/s1. The maximum atomic E-state index is 12.5. The molecule has 1 saturated carbocycles. The summed E-state index contributed by atoms with van der Waals surface area (Å²) in [6.07, 6.45) is 6.48. The number of likely N-dealkylation sites (tertiary alicyclic amines) is 1. The Bertz CT molecular complexity index is 1300. The zero-order chi connectivity index (χ0) is 24.7. The van der Waals surface area contributed by atoms with Crippen molar-refractivity contribution in [1.82, 2.24) is 19.7 Å². The van der Waals surface area contributed by atoms with Gasteiger partial charge in [0.2, 0.25) is 11.8 Å². The molecule has 1 aliphatic carbocycles. The Morgan fingerprint density at radius 3 is 2.51 bits per heavy atom. The Balaban J connectivity index is 1.43. The predicted molar refractivity (Wildman–Crippen MR) is 132 cm³/mol. The minimum Gasteiger partial charge on any atom is -0.439 e. The van der Waals surface area contributed by atoms with Crippen LogP contribution in [0.5, 0.6) is 11.6 Å². The molecule has 0 unspecified atom stereocenters. The second-order valence-electron chi connectivity index (χ2n) is 8.93. The largest absolute Gasteiger partial charge is 0.439 e. The first-order valence-corrected chi connectivity index (χ1v) is 11.7. The highest BCUT2D eigenvalue weighted by Crippen LogP contribution is 2.50. The van der Waals surface area contributed by atoms with E-state index in [0.29, 0.717) is 34.5 Å². The molecule has 35 heavy (non-hydrogen) atoms. The van der Waals surface area contributed by atoms with Crippen LogP contribution in [-0.4, -0.2) is 43.6 Å². The van der Waals surface area contributed by atoms with Crippen LogP contribution >= 0.6 is 11.6 Å². The van der Waals surface area contributed by atoms with Crippen LogP contribution in [0, 0.1) is 0 Å². The first-order valence-electron chi connectivity index (χ1n) is 11.3. The summed E-state index contributed by atoms with van der Waals surface area (Å²) in [5, 5.41) is 5.21. The van der Waals surface area contributed by atoms with E-state index in [1.54, 1.807) is 41.1 Å². The van der Waals surface area contributed by atoms with Crippen LogP contribution in [0.25, 0.3) is 11.3 Å². The molecular formula is C25H25ClN6O3. The van der Waals surface area contributed by atoms with Gasteiger partial charge in [0.15, 0.2) is 0 Å². The number of rotatable bonds is 6. The highest BCUT2D eigenvalue weighted by atomic mass is 35.5. The molecule has 4 N–H and O–H groups in total. The molecule has 0 bridgehead atoms. The van der Waals surface area contributed by atoms with Gasteiger partial charge < -0.3 is 21.1 Å². The average molecular weight is 493 g/mol. The molecule has 2 aliphatic rings. The summed E-state index contributed by atoms with van der Waals surface area (Å²) in [6.45, 7) is 4.10. The molecular weight excluding hydrogens is 468 g/mol. The van der Waals surface area contributed by atoms with Crippen molar-refractivity contribution in [3.05, 3.63) is 65.8 Å². The van der Waals surface area contributed by atoms with Crippen molar-refractivity contribution in [3.8, 4) is 22.9 Å². The Hall–Kier alpha value is -3.85. The van der Waals surface area contributed by atoms with E-state index in [4.69, 9.17) is 32.9 Å². The Kier molecular flexibility index (Phi) is 5.72. The van der Waals surface area contributed by atoms with Gasteiger partial charge in [0.05, 0.1) is 11.1 Å². The molecule has 0 radical (unpaired) electrons. The van der Waals surface area contributed by atoms with Gasteiger partial charge in [0.25, 0.3) is 5.91 Å². The Morgan fingerprint density at radius 2 is 1.91 bits per heavy atom. The molecule has 2 amide bonds. The molecule has 1 spiro atoms. The molecule has 1 aromatic carbocycles. The zero-order valence-corrected chi connectivity index (χ0v) is 19.7. The minimum absolute atomic E-state index is 0.0756. The van der Waals surface area contributed by atoms with Crippen molar-refractivity contribution >= 4 is 29.2 Å². The zero-order valence-electron chi connectivity index (χ0n) is 19.0. The highest BCUT2D eigenvalue weighted by Gasteiger charge is 2.52. The van der Waals surface area contributed by atoms with Crippen molar-refractivity contribution in [3.63, 3.8) is 0 Å². The van der Waals surface area contributed by atoms with Gasteiger partial charge in [-0.2, -0.15) is 5.10 Å². The summed E-state index contributed by atoms with van der Waals surface area (Å²) in [5.41, 5.74) is 13.2. The van der Waals surface area contributed by atoms with Gasteiger partial charge in [-0.25, -0.2) is 9.67 Å². The number of aromatic nitrogens is 3. The van der Waals surface area contributed by atoms with E-state index in [0.717, 1.165) is 25.7 Å². The third-order valence-corrected chi connectivity index (χ3v) is 6.99. The summed E-state index contributed by atoms with van der Waals surface area (Å²) in [7, 11) is 0. The number of nitrogens with zero attached hydrogens (tertiary/aromatic N) is 4. The molecule has 3 heterocycles. The second-order valence-corrected chi connectivity index (χ2v) is 9.37. The number of anilines is 1. The molecule has 5 rings (SSSR count). The first-order chi connectivity index (χ1) is 16.8. The van der Waals surface area contributed by atoms with E-state index in [1.807, 2.05) is 4.90 Å². The smallest absolute Gasteiger partial charge is 0.254 e. The van der Waals surface area contributed by atoms with E-state index in [-0.39, 0.29) is 28.9 Å². The molecule has 1 atom stereocenters. The lowest BCUT2D eigenvalue weighted by molar-refractivity contribution is -0.131. The topological polar surface area (TPSA) is 129 Å². The molecule has 2 fully saturated rings. The number of nitrogens with two attached hydrogens (primary N) is 2. The number of primary amides is 1. The number of piperidine rings is 1. The number of nitrogen functional groups attached to an aromatic ring is 1. The maximum absolute atomic E-state index is 12.5. The molecule has 1 saturated heterocycles. The van der Waals surface area contributed by atoms with Gasteiger partial charge in [0.1, 0.15) is 22.8 Å². The third kappa shape index (κ3) is 4.23. The van der Waals surface area contributed by atoms with Gasteiger partial charge in [-0.15, -0.1) is 0 Å². The summed E-state index contributed by atoms with van der Waals surface area (Å²) in [5.74, 6) is 0.387. The van der Waals surface area contributed by atoms with Gasteiger partial charge in [-0.3, -0.25) is 9.59 Å². The SMILES string of the molecule is C=CC(=O)N1C[C@H](n2nc(-c3ccc(Oc4ccc(Cl)cn4)cc3)c(C(N)=O)c2N)CCC12CC2.